The number of nitrogens with zero attached hydrogens (tertiary/aromatic N) is 6. The van der Waals surface area contributed by atoms with Crippen molar-refractivity contribution < 1.29 is 23.9 Å². The first-order valence-electron chi connectivity index (χ1n) is 12.8. The molecule has 214 valence electrons. The van der Waals surface area contributed by atoms with Crippen molar-refractivity contribution in [1.29, 1.82) is 0 Å². The Morgan fingerprint density at radius 3 is 2.43 bits per heavy atom. The summed E-state index contributed by atoms with van der Waals surface area (Å²) in [7, 11) is 1.47. The first kappa shape index (κ1) is 28.2. The van der Waals surface area contributed by atoms with E-state index in [1.165, 1.54) is 27.9 Å². The minimum Gasteiger partial charge on any atom is -0.410 e. The molecule has 1 aromatic heterocycles. The number of likely N-dealkylation sites (N-methyl/N-ethyl adjacent to an activating group) is 1. The Morgan fingerprint density at radius 1 is 0.976 bits per heavy atom. The molecule has 0 aliphatic carbocycles. The Hall–Kier alpha value is -5.30. The molecule has 0 radical (unpaired) electrons. The summed E-state index contributed by atoms with van der Waals surface area (Å²) < 4.78 is 6.60. The second-order valence-electron chi connectivity index (χ2n) is 9.20. The molecule has 4 aromatic rings. The van der Waals surface area contributed by atoms with Gasteiger partial charge >= 0.3 is 17.9 Å². The van der Waals surface area contributed by atoms with Crippen LogP contribution in [-0.4, -0.2) is 75.1 Å². The van der Waals surface area contributed by atoms with E-state index in [0.29, 0.717) is 33.4 Å². The van der Waals surface area contributed by atoms with Crippen molar-refractivity contribution in [2.75, 3.05) is 30.4 Å². The van der Waals surface area contributed by atoms with Gasteiger partial charge in [0.25, 0.3) is 0 Å². The predicted octanol–water partition coefficient (Wildman–Crippen LogP) is 2.46. The highest BCUT2D eigenvalue weighted by atomic mass is 35.5. The largest absolute Gasteiger partial charge is 0.417 e. The van der Waals surface area contributed by atoms with Crippen molar-refractivity contribution in [3.05, 3.63) is 89.7 Å². The van der Waals surface area contributed by atoms with E-state index in [1.54, 1.807) is 66.7 Å². The molecule has 0 unspecified atom stereocenters. The van der Waals surface area contributed by atoms with E-state index in [2.05, 4.69) is 26.2 Å². The number of hydrogen-bond donors (Lipinski definition) is 2. The van der Waals surface area contributed by atoms with E-state index in [4.69, 9.17) is 16.3 Å². The number of para-hydroxylation sites is 1. The molecule has 0 saturated carbocycles. The van der Waals surface area contributed by atoms with Gasteiger partial charge in [0.2, 0.25) is 5.91 Å². The number of anilines is 2. The van der Waals surface area contributed by atoms with Gasteiger partial charge in [-0.05, 0) is 58.5 Å². The fourth-order valence-corrected chi connectivity index (χ4v) is 4.72. The molecular formula is C28H25ClN8O5. The molecule has 3 aromatic carbocycles. The Labute approximate surface area is 245 Å². The number of amides is 4. The van der Waals surface area contributed by atoms with Crippen LogP contribution in [0, 0.1) is 0 Å². The zero-order chi connectivity index (χ0) is 29.6. The second kappa shape index (κ2) is 12.5. The number of piperazine rings is 1. The van der Waals surface area contributed by atoms with Gasteiger partial charge in [-0.2, -0.15) is 4.68 Å². The molecule has 42 heavy (non-hydrogen) atoms. The van der Waals surface area contributed by atoms with E-state index in [0.717, 1.165) is 0 Å². The van der Waals surface area contributed by atoms with E-state index >= 15 is 0 Å². The molecule has 0 bridgehead atoms. The first-order valence-corrected chi connectivity index (χ1v) is 13.2. The van der Waals surface area contributed by atoms with Crippen LogP contribution in [0.4, 0.5) is 16.2 Å². The second-order valence-corrected chi connectivity index (χ2v) is 9.64. The topological polar surface area (TPSA) is 152 Å². The van der Waals surface area contributed by atoms with Crippen LogP contribution in [-0.2, 0) is 20.8 Å². The molecule has 1 aliphatic heterocycles. The standard InChI is InChI=1S/C28H25ClN8O5/c1-30-25(38)24(15-18-7-10-20(11-8-18)32-28(41)42-21-5-3-2-4-6-21)36-14-13-35(26(39)27(36)40)23-16-19(29)9-12-22(23)37-17-31-33-34-37/h2-12,16-17,24H,13-15H2,1H3,(H,30,38)(H,32,41)/t24-/m0/s1. The Kier molecular flexibility index (Phi) is 8.39. The Balaban J connectivity index is 1.29. The van der Waals surface area contributed by atoms with E-state index in [-0.39, 0.29) is 19.5 Å². The Bertz CT molecular complexity index is 1600. The first-order chi connectivity index (χ1) is 20.3. The van der Waals surface area contributed by atoms with Crippen molar-refractivity contribution in [3.63, 3.8) is 0 Å². The highest BCUT2D eigenvalue weighted by Gasteiger charge is 2.40. The van der Waals surface area contributed by atoms with Crippen molar-refractivity contribution in [3.8, 4) is 11.4 Å². The average molecular weight is 589 g/mol. The van der Waals surface area contributed by atoms with Crippen molar-refractivity contribution in [2.24, 2.45) is 0 Å². The van der Waals surface area contributed by atoms with Crippen molar-refractivity contribution in [1.82, 2.24) is 30.4 Å². The lowest BCUT2D eigenvalue weighted by molar-refractivity contribution is -0.150. The third-order valence-corrected chi connectivity index (χ3v) is 6.82. The summed E-state index contributed by atoms with van der Waals surface area (Å²) in [5, 5.41) is 16.7. The number of halogens is 1. The summed E-state index contributed by atoms with van der Waals surface area (Å²) in [5.41, 5.74) is 2.02. The van der Waals surface area contributed by atoms with Gasteiger partial charge < -0.3 is 19.9 Å². The number of carbonyl (C=O) groups is 4. The molecular weight excluding hydrogens is 564 g/mol. The average Bonchev–Trinajstić information content (AvgIpc) is 3.53. The van der Waals surface area contributed by atoms with Gasteiger partial charge in [-0.15, -0.1) is 5.10 Å². The summed E-state index contributed by atoms with van der Waals surface area (Å²) in [4.78, 5) is 54.4. The Morgan fingerprint density at radius 2 is 1.74 bits per heavy atom. The summed E-state index contributed by atoms with van der Waals surface area (Å²) in [6.07, 6.45) is 0.854. The molecule has 13 nitrogen and oxygen atoms in total. The number of benzene rings is 3. The molecule has 1 atom stereocenters. The maximum Gasteiger partial charge on any atom is 0.417 e. The quantitative estimate of drug-likeness (QED) is 0.298. The summed E-state index contributed by atoms with van der Waals surface area (Å²) >= 11 is 6.21. The summed E-state index contributed by atoms with van der Waals surface area (Å²) in [6.45, 7) is 0.203. The number of rotatable bonds is 8. The monoisotopic (exact) mass is 588 g/mol. The molecule has 2 N–H and O–H groups in total. The summed E-state index contributed by atoms with van der Waals surface area (Å²) in [5.74, 6) is -1.67. The van der Waals surface area contributed by atoms with Crippen LogP contribution in [0.3, 0.4) is 0 Å². The van der Waals surface area contributed by atoms with Crippen LogP contribution in [0.1, 0.15) is 5.56 Å². The maximum atomic E-state index is 13.4. The molecule has 1 aliphatic rings. The summed E-state index contributed by atoms with van der Waals surface area (Å²) in [6, 6.07) is 19.3. The fourth-order valence-electron chi connectivity index (χ4n) is 4.55. The third kappa shape index (κ3) is 6.20. The highest BCUT2D eigenvalue weighted by molar-refractivity contribution is 6.41. The molecule has 4 amide bonds. The normalized spacial score (nSPS) is 14.0. The number of carbonyl (C=O) groups excluding carboxylic acids is 4. The third-order valence-electron chi connectivity index (χ3n) is 6.59. The van der Waals surface area contributed by atoms with Crippen LogP contribution in [0.15, 0.2) is 79.1 Å². The minimum atomic E-state index is -0.950. The minimum absolute atomic E-state index is 0.0924. The molecule has 14 heteroatoms. The fraction of sp³-hybridized carbons (Fsp3) is 0.179. The molecule has 5 rings (SSSR count). The van der Waals surface area contributed by atoms with Gasteiger partial charge in [0.1, 0.15) is 18.1 Å². The van der Waals surface area contributed by atoms with Gasteiger partial charge in [0, 0.05) is 37.3 Å². The smallest absolute Gasteiger partial charge is 0.410 e. The number of ether oxygens (including phenoxy) is 1. The SMILES string of the molecule is CNC(=O)[C@H](Cc1ccc(NC(=O)Oc2ccccc2)cc1)N1CCN(c2cc(Cl)ccc2-n2cnnn2)C(=O)C1=O. The zero-order valence-electron chi connectivity index (χ0n) is 22.3. The molecule has 0 spiro atoms. The predicted molar refractivity (Wildman–Crippen MR) is 152 cm³/mol. The van der Waals surface area contributed by atoms with Crippen LogP contribution in [0.2, 0.25) is 5.02 Å². The van der Waals surface area contributed by atoms with Gasteiger partial charge in [-0.3, -0.25) is 19.7 Å². The molecule has 1 saturated heterocycles. The highest BCUT2D eigenvalue weighted by Crippen LogP contribution is 2.30. The van der Waals surface area contributed by atoms with Crippen LogP contribution in [0.5, 0.6) is 5.75 Å². The van der Waals surface area contributed by atoms with Crippen LogP contribution < -0.4 is 20.3 Å². The lowest BCUT2D eigenvalue weighted by atomic mass is 10.0. The zero-order valence-corrected chi connectivity index (χ0v) is 23.1. The van der Waals surface area contributed by atoms with Gasteiger partial charge in [0.05, 0.1) is 11.4 Å². The molecule has 2 heterocycles. The van der Waals surface area contributed by atoms with E-state index in [9.17, 15) is 19.2 Å². The number of aromatic nitrogens is 4. The maximum absolute atomic E-state index is 13.4. The lowest BCUT2D eigenvalue weighted by Gasteiger charge is -2.38. The van der Waals surface area contributed by atoms with Crippen molar-refractivity contribution in [2.45, 2.75) is 12.5 Å². The van der Waals surface area contributed by atoms with Crippen molar-refractivity contribution >= 4 is 46.8 Å². The number of hydrogen-bond acceptors (Lipinski definition) is 8. The van der Waals surface area contributed by atoms with Crippen LogP contribution >= 0.6 is 11.6 Å². The van der Waals surface area contributed by atoms with E-state index in [1.807, 2.05) is 6.07 Å². The van der Waals surface area contributed by atoms with Gasteiger partial charge in [-0.1, -0.05) is 41.9 Å². The van der Waals surface area contributed by atoms with Gasteiger partial charge in [-0.25, -0.2) is 4.79 Å². The van der Waals surface area contributed by atoms with Gasteiger partial charge in [0.15, 0.2) is 0 Å². The number of nitrogens with one attached hydrogen (secondary N) is 2. The van der Waals surface area contributed by atoms with E-state index < -0.39 is 29.9 Å². The number of tetrazole rings is 1. The lowest BCUT2D eigenvalue weighted by Crippen LogP contribution is -2.61. The van der Waals surface area contributed by atoms with Crippen LogP contribution in [0.25, 0.3) is 5.69 Å². The molecule has 1 fully saturated rings.